The van der Waals surface area contributed by atoms with Gasteiger partial charge in [0.15, 0.2) is 0 Å². The molecule has 2 atom stereocenters. The van der Waals surface area contributed by atoms with Crippen molar-refractivity contribution in [1.29, 1.82) is 0 Å². The van der Waals surface area contributed by atoms with Gasteiger partial charge in [-0.2, -0.15) is 4.98 Å². The van der Waals surface area contributed by atoms with Crippen LogP contribution in [0.2, 0.25) is 0 Å². The highest BCUT2D eigenvalue weighted by molar-refractivity contribution is 5.27. The molecule has 0 saturated heterocycles. The van der Waals surface area contributed by atoms with Gasteiger partial charge in [-0.3, -0.25) is 0 Å². The first-order chi connectivity index (χ1) is 7.63. The van der Waals surface area contributed by atoms with E-state index in [1.165, 1.54) is 0 Å². The lowest BCUT2D eigenvalue weighted by Gasteiger charge is -2.15. The number of hydrogen-bond donors (Lipinski definition) is 1. The summed E-state index contributed by atoms with van der Waals surface area (Å²) in [6.45, 7) is 9.98. The van der Waals surface area contributed by atoms with E-state index < -0.39 is 0 Å². The molecule has 0 fully saturated rings. The summed E-state index contributed by atoms with van der Waals surface area (Å²) in [6, 6.07) is 0.0741. The predicted octanol–water partition coefficient (Wildman–Crippen LogP) is 1.76. The zero-order valence-electron chi connectivity index (χ0n) is 10.6. The number of nitrogens with zero attached hydrogens (tertiary/aromatic N) is 3. The van der Waals surface area contributed by atoms with Gasteiger partial charge in [-0.05, 0) is 25.4 Å². The normalized spacial score (nSPS) is 14.8. The molecule has 0 amide bonds. The van der Waals surface area contributed by atoms with Crippen LogP contribution < -0.4 is 10.6 Å². The minimum Gasteiger partial charge on any atom is -0.339 e. The lowest BCUT2D eigenvalue weighted by molar-refractivity contribution is 0.339. The molecule has 0 aliphatic heterocycles. The van der Waals surface area contributed by atoms with Crippen LogP contribution >= 0.6 is 0 Å². The van der Waals surface area contributed by atoms with Crippen LogP contribution in [-0.2, 0) is 0 Å². The van der Waals surface area contributed by atoms with E-state index >= 15 is 0 Å². The molecule has 0 aliphatic rings. The highest BCUT2D eigenvalue weighted by Gasteiger charge is 2.21. The Hall–Kier alpha value is -1.10. The van der Waals surface area contributed by atoms with E-state index in [1.807, 2.05) is 6.92 Å². The van der Waals surface area contributed by atoms with Gasteiger partial charge in [0.1, 0.15) is 0 Å². The van der Waals surface area contributed by atoms with Gasteiger partial charge in [-0.1, -0.05) is 13.8 Å². The zero-order valence-corrected chi connectivity index (χ0v) is 10.6. The molecule has 5 heteroatoms. The molecule has 5 nitrogen and oxygen atoms in total. The molecule has 1 aromatic rings. The molecule has 2 unspecified atom stereocenters. The summed E-state index contributed by atoms with van der Waals surface area (Å²) < 4.78 is 5.25. The van der Waals surface area contributed by atoms with Crippen LogP contribution in [0, 0.1) is 0 Å². The highest BCUT2D eigenvalue weighted by Crippen LogP contribution is 2.20. The highest BCUT2D eigenvalue weighted by atomic mass is 16.5. The average Bonchev–Trinajstić information content (AvgIpc) is 2.78. The maximum Gasteiger partial charge on any atom is 0.266 e. The van der Waals surface area contributed by atoms with Crippen molar-refractivity contribution in [2.45, 2.75) is 46.1 Å². The van der Waals surface area contributed by atoms with Crippen LogP contribution in [-0.4, -0.2) is 29.3 Å². The van der Waals surface area contributed by atoms with Gasteiger partial charge in [0.25, 0.3) is 5.95 Å². The molecule has 92 valence electrons. The van der Waals surface area contributed by atoms with Crippen molar-refractivity contribution in [3.8, 4) is 0 Å². The first-order valence-corrected chi connectivity index (χ1v) is 5.98. The van der Waals surface area contributed by atoms with Crippen molar-refractivity contribution in [1.82, 2.24) is 10.1 Å². The summed E-state index contributed by atoms with van der Waals surface area (Å²) in [7, 11) is 0. The van der Waals surface area contributed by atoms with E-state index in [0.717, 1.165) is 19.5 Å². The summed E-state index contributed by atoms with van der Waals surface area (Å²) in [4.78, 5) is 6.44. The Morgan fingerprint density at radius 1 is 1.31 bits per heavy atom. The lowest BCUT2D eigenvalue weighted by atomic mass is 10.0. The van der Waals surface area contributed by atoms with E-state index in [2.05, 4.69) is 35.8 Å². The van der Waals surface area contributed by atoms with E-state index in [0.29, 0.717) is 11.8 Å². The first kappa shape index (κ1) is 13.0. The fourth-order valence-corrected chi connectivity index (χ4v) is 1.58. The Morgan fingerprint density at radius 3 is 2.44 bits per heavy atom. The van der Waals surface area contributed by atoms with Gasteiger partial charge in [-0.25, -0.2) is 0 Å². The maximum atomic E-state index is 5.96. The molecule has 0 aliphatic carbocycles. The van der Waals surface area contributed by atoms with Gasteiger partial charge >= 0.3 is 0 Å². The molecule has 2 N–H and O–H groups in total. The molecular formula is C11H22N4O. The molecule has 0 spiro atoms. The zero-order chi connectivity index (χ0) is 12.1. The van der Waals surface area contributed by atoms with Crippen molar-refractivity contribution in [3.05, 3.63) is 5.89 Å². The second kappa shape index (κ2) is 5.84. The van der Waals surface area contributed by atoms with Gasteiger partial charge in [0.05, 0.1) is 5.92 Å². The third-order valence-corrected chi connectivity index (χ3v) is 2.98. The lowest BCUT2D eigenvalue weighted by Crippen LogP contribution is -2.26. The Bertz CT molecular complexity index is 309. The van der Waals surface area contributed by atoms with Gasteiger partial charge < -0.3 is 15.2 Å². The average molecular weight is 226 g/mol. The van der Waals surface area contributed by atoms with Gasteiger partial charge in [0.2, 0.25) is 5.89 Å². The standard InChI is InChI=1S/C11H22N4O/c1-5-9(12)8(4)10-13-11(14-16-10)15(6-2)7-3/h8-9H,5-7,12H2,1-4H3. The minimum absolute atomic E-state index is 0.0741. The SMILES string of the molecule is CCC(N)C(C)c1nc(N(CC)CC)no1. The molecule has 16 heavy (non-hydrogen) atoms. The van der Waals surface area contributed by atoms with Crippen molar-refractivity contribution < 1.29 is 4.52 Å². The number of rotatable bonds is 6. The van der Waals surface area contributed by atoms with Gasteiger partial charge in [0, 0.05) is 19.1 Å². The first-order valence-electron chi connectivity index (χ1n) is 5.98. The number of nitrogens with two attached hydrogens (primary N) is 1. The number of anilines is 1. The Balaban J connectivity index is 2.77. The molecule has 0 bridgehead atoms. The van der Waals surface area contributed by atoms with Crippen LogP contribution in [0.3, 0.4) is 0 Å². The van der Waals surface area contributed by atoms with Crippen molar-refractivity contribution >= 4 is 5.95 Å². The summed E-state index contributed by atoms with van der Waals surface area (Å²) in [5.41, 5.74) is 5.96. The summed E-state index contributed by atoms with van der Waals surface area (Å²) in [5.74, 6) is 1.41. The number of hydrogen-bond acceptors (Lipinski definition) is 5. The smallest absolute Gasteiger partial charge is 0.266 e. The van der Waals surface area contributed by atoms with E-state index in [4.69, 9.17) is 10.3 Å². The van der Waals surface area contributed by atoms with E-state index in [-0.39, 0.29) is 12.0 Å². The van der Waals surface area contributed by atoms with Crippen LogP contribution in [0.1, 0.15) is 45.9 Å². The van der Waals surface area contributed by atoms with Crippen molar-refractivity contribution in [2.24, 2.45) is 5.73 Å². The second-order valence-corrected chi connectivity index (χ2v) is 3.97. The quantitative estimate of drug-likeness (QED) is 0.800. The minimum atomic E-state index is 0.0741. The Labute approximate surface area is 97.0 Å². The molecule has 0 saturated carbocycles. The molecule has 0 radical (unpaired) electrons. The molecular weight excluding hydrogens is 204 g/mol. The fourth-order valence-electron chi connectivity index (χ4n) is 1.58. The molecule has 0 aromatic carbocycles. The predicted molar refractivity (Wildman–Crippen MR) is 64.5 cm³/mol. The Morgan fingerprint density at radius 2 is 1.94 bits per heavy atom. The van der Waals surface area contributed by atoms with Crippen LogP contribution in [0.25, 0.3) is 0 Å². The van der Waals surface area contributed by atoms with Crippen LogP contribution in [0.15, 0.2) is 4.52 Å². The summed E-state index contributed by atoms with van der Waals surface area (Å²) in [6.07, 6.45) is 0.907. The maximum absolute atomic E-state index is 5.96. The van der Waals surface area contributed by atoms with E-state index in [1.54, 1.807) is 0 Å². The van der Waals surface area contributed by atoms with E-state index in [9.17, 15) is 0 Å². The summed E-state index contributed by atoms with van der Waals surface area (Å²) in [5, 5.41) is 3.98. The number of aromatic nitrogens is 2. The van der Waals surface area contributed by atoms with Crippen LogP contribution in [0.4, 0.5) is 5.95 Å². The summed E-state index contributed by atoms with van der Waals surface area (Å²) >= 11 is 0. The van der Waals surface area contributed by atoms with Crippen molar-refractivity contribution in [2.75, 3.05) is 18.0 Å². The van der Waals surface area contributed by atoms with Gasteiger partial charge in [-0.15, -0.1) is 0 Å². The molecule has 1 rings (SSSR count). The monoisotopic (exact) mass is 226 g/mol. The second-order valence-electron chi connectivity index (χ2n) is 3.97. The fraction of sp³-hybridized carbons (Fsp3) is 0.818. The molecule has 1 aromatic heterocycles. The third-order valence-electron chi connectivity index (χ3n) is 2.98. The van der Waals surface area contributed by atoms with Crippen molar-refractivity contribution in [3.63, 3.8) is 0 Å². The van der Waals surface area contributed by atoms with Crippen LogP contribution in [0.5, 0.6) is 0 Å². The molecule has 1 heterocycles. The Kier molecular flexibility index (Phi) is 4.73. The largest absolute Gasteiger partial charge is 0.339 e. The third kappa shape index (κ3) is 2.72. The topological polar surface area (TPSA) is 68.2 Å².